The molecule has 3 heteroatoms. The molecule has 0 aromatic heterocycles. The summed E-state index contributed by atoms with van der Waals surface area (Å²) in [4.78, 5) is 13.2. The van der Waals surface area contributed by atoms with Crippen molar-refractivity contribution in [3.05, 3.63) is 58.7 Å². The Labute approximate surface area is 162 Å². The van der Waals surface area contributed by atoms with Crippen LogP contribution in [0.15, 0.2) is 36.4 Å². The molecule has 0 saturated heterocycles. The molecule has 2 aromatic rings. The van der Waals surface area contributed by atoms with Crippen molar-refractivity contribution in [3.8, 4) is 11.5 Å². The van der Waals surface area contributed by atoms with Gasteiger partial charge in [-0.3, -0.25) is 4.79 Å². The number of aryl methyl sites for hydroxylation is 2. The Morgan fingerprint density at radius 3 is 1.67 bits per heavy atom. The first-order valence-corrected chi connectivity index (χ1v) is 9.82. The second-order valence-electron chi connectivity index (χ2n) is 7.72. The summed E-state index contributed by atoms with van der Waals surface area (Å²) in [5.74, 6) is 2.37. The lowest BCUT2D eigenvalue weighted by Gasteiger charge is -2.29. The predicted octanol–water partition coefficient (Wildman–Crippen LogP) is 5.09. The van der Waals surface area contributed by atoms with Crippen LogP contribution in [0.25, 0.3) is 0 Å². The number of carbonyl (C=O) groups is 1. The Morgan fingerprint density at radius 2 is 1.26 bits per heavy atom. The first-order valence-electron chi connectivity index (χ1n) is 9.82. The van der Waals surface area contributed by atoms with Crippen molar-refractivity contribution in [2.24, 2.45) is 11.8 Å². The molecule has 0 amide bonds. The fourth-order valence-electron chi connectivity index (χ4n) is 4.15. The third-order valence-corrected chi connectivity index (χ3v) is 5.96. The number of hydrogen-bond acceptors (Lipinski definition) is 3. The van der Waals surface area contributed by atoms with Gasteiger partial charge in [0.15, 0.2) is 0 Å². The molecule has 144 valence electrons. The fourth-order valence-corrected chi connectivity index (χ4v) is 4.15. The van der Waals surface area contributed by atoms with Gasteiger partial charge < -0.3 is 9.47 Å². The van der Waals surface area contributed by atoms with E-state index in [1.165, 1.54) is 22.3 Å². The molecule has 1 saturated carbocycles. The number of carbonyl (C=O) groups excluding carboxylic acids is 1. The molecule has 0 heterocycles. The van der Waals surface area contributed by atoms with Crippen molar-refractivity contribution < 1.29 is 14.3 Å². The third kappa shape index (κ3) is 4.52. The van der Waals surface area contributed by atoms with E-state index in [9.17, 15) is 4.79 Å². The van der Waals surface area contributed by atoms with Gasteiger partial charge in [0, 0.05) is 11.8 Å². The lowest BCUT2D eigenvalue weighted by molar-refractivity contribution is -0.129. The highest BCUT2D eigenvalue weighted by Crippen LogP contribution is 2.33. The summed E-state index contributed by atoms with van der Waals surface area (Å²) in [6, 6.07) is 12.3. The van der Waals surface area contributed by atoms with Gasteiger partial charge >= 0.3 is 0 Å². The van der Waals surface area contributed by atoms with Gasteiger partial charge in [-0.15, -0.1) is 0 Å². The molecule has 0 unspecified atom stereocenters. The zero-order valence-electron chi connectivity index (χ0n) is 16.9. The van der Waals surface area contributed by atoms with Crippen LogP contribution in [0.2, 0.25) is 0 Å². The summed E-state index contributed by atoms with van der Waals surface area (Å²) in [5, 5.41) is 0. The highest BCUT2D eigenvalue weighted by molar-refractivity contribution is 5.84. The standard InChI is InChI=1S/C24H30O3/c1-16-8-10-22(26-3)14-20(16)12-18-6-5-7-19(24(18)25)13-21-15-23(27-4)11-9-17(21)2/h8-11,14-15,18-19H,5-7,12-13H2,1-4H3/t18-,19-/m0/s1. The smallest absolute Gasteiger partial charge is 0.139 e. The zero-order chi connectivity index (χ0) is 19.4. The van der Waals surface area contributed by atoms with Gasteiger partial charge in [-0.25, -0.2) is 0 Å². The van der Waals surface area contributed by atoms with E-state index in [4.69, 9.17) is 9.47 Å². The Balaban J connectivity index is 1.74. The number of benzene rings is 2. The van der Waals surface area contributed by atoms with E-state index in [1.807, 2.05) is 12.1 Å². The van der Waals surface area contributed by atoms with Crippen molar-refractivity contribution in [1.29, 1.82) is 0 Å². The molecule has 0 N–H and O–H groups in total. The van der Waals surface area contributed by atoms with Crippen molar-refractivity contribution in [2.75, 3.05) is 14.2 Å². The number of Topliss-reactive ketones (excluding diaryl/α,β-unsaturated/α-hetero) is 1. The molecule has 1 aliphatic rings. The largest absolute Gasteiger partial charge is 0.497 e. The fraction of sp³-hybridized carbons (Fsp3) is 0.458. The number of rotatable bonds is 6. The first kappa shape index (κ1) is 19.5. The zero-order valence-corrected chi connectivity index (χ0v) is 16.9. The summed E-state index contributed by atoms with van der Waals surface area (Å²) in [6.45, 7) is 4.22. The monoisotopic (exact) mass is 366 g/mol. The van der Waals surface area contributed by atoms with Gasteiger partial charge in [0.25, 0.3) is 0 Å². The first-order chi connectivity index (χ1) is 13.0. The van der Waals surface area contributed by atoms with E-state index in [-0.39, 0.29) is 11.8 Å². The van der Waals surface area contributed by atoms with E-state index >= 15 is 0 Å². The lowest BCUT2D eigenvalue weighted by Crippen LogP contribution is -2.31. The molecule has 0 spiro atoms. The van der Waals surface area contributed by atoms with Crippen molar-refractivity contribution in [2.45, 2.75) is 46.0 Å². The van der Waals surface area contributed by atoms with Crippen molar-refractivity contribution >= 4 is 5.78 Å². The van der Waals surface area contributed by atoms with Gasteiger partial charge in [-0.05, 0) is 86.1 Å². The molecular weight excluding hydrogens is 336 g/mol. The SMILES string of the molecule is COc1ccc(C)c(C[C@@H]2CCC[C@@H](Cc3cc(OC)ccc3C)C2=O)c1. The van der Waals surface area contributed by atoms with E-state index in [1.54, 1.807) is 14.2 Å². The van der Waals surface area contributed by atoms with Gasteiger partial charge in [-0.1, -0.05) is 18.6 Å². The maximum absolute atomic E-state index is 13.2. The summed E-state index contributed by atoms with van der Waals surface area (Å²) in [6.07, 6.45) is 4.73. The number of ether oxygens (including phenoxy) is 2. The summed E-state index contributed by atoms with van der Waals surface area (Å²) in [7, 11) is 3.37. The molecule has 1 fully saturated rings. The summed E-state index contributed by atoms with van der Waals surface area (Å²) < 4.78 is 10.7. The number of methoxy groups -OCH3 is 2. The molecule has 3 rings (SSSR count). The Morgan fingerprint density at radius 1 is 0.815 bits per heavy atom. The molecule has 0 radical (unpaired) electrons. The average Bonchev–Trinajstić information content (AvgIpc) is 2.68. The summed E-state index contributed by atoms with van der Waals surface area (Å²) in [5.41, 5.74) is 4.92. The van der Waals surface area contributed by atoms with E-state index in [2.05, 4.69) is 38.1 Å². The molecule has 0 aliphatic heterocycles. The van der Waals surface area contributed by atoms with E-state index in [0.717, 1.165) is 43.6 Å². The third-order valence-electron chi connectivity index (χ3n) is 5.96. The Hall–Kier alpha value is -2.29. The minimum Gasteiger partial charge on any atom is -0.497 e. The molecule has 1 aliphatic carbocycles. The quantitative estimate of drug-likeness (QED) is 0.714. The normalized spacial score (nSPS) is 19.8. The average molecular weight is 367 g/mol. The number of ketones is 1. The highest BCUT2D eigenvalue weighted by atomic mass is 16.5. The maximum Gasteiger partial charge on any atom is 0.139 e. The molecule has 27 heavy (non-hydrogen) atoms. The van der Waals surface area contributed by atoms with Gasteiger partial charge in [0.1, 0.15) is 17.3 Å². The van der Waals surface area contributed by atoms with Crippen molar-refractivity contribution in [3.63, 3.8) is 0 Å². The second kappa shape index (κ2) is 8.60. The topological polar surface area (TPSA) is 35.5 Å². The Bertz CT molecular complexity index is 744. The van der Waals surface area contributed by atoms with Crippen molar-refractivity contribution in [1.82, 2.24) is 0 Å². The number of hydrogen-bond donors (Lipinski definition) is 0. The lowest BCUT2D eigenvalue weighted by atomic mass is 9.74. The summed E-state index contributed by atoms with van der Waals surface area (Å²) >= 11 is 0. The predicted molar refractivity (Wildman–Crippen MR) is 109 cm³/mol. The van der Waals surface area contributed by atoms with Crippen LogP contribution in [0.4, 0.5) is 0 Å². The van der Waals surface area contributed by atoms with Crippen LogP contribution in [0.5, 0.6) is 11.5 Å². The molecule has 0 bridgehead atoms. The van der Waals surface area contributed by atoms with E-state index < -0.39 is 0 Å². The highest BCUT2D eigenvalue weighted by Gasteiger charge is 2.31. The van der Waals surface area contributed by atoms with Crippen LogP contribution >= 0.6 is 0 Å². The molecule has 2 atom stereocenters. The van der Waals surface area contributed by atoms with E-state index in [0.29, 0.717) is 5.78 Å². The van der Waals surface area contributed by atoms with Crippen LogP contribution in [-0.2, 0) is 17.6 Å². The molecule has 2 aromatic carbocycles. The van der Waals surface area contributed by atoms with Crippen LogP contribution in [0.1, 0.15) is 41.5 Å². The molecule has 3 nitrogen and oxygen atoms in total. The molecular formula is C24H30O3. The minimum atomic E-state index is 0.112. The van der Waals surface area contributed by atoms with Crippen LogP contribution in [0, 0.1) is 25.7 Å². The Kier molecular flexibility index (Phi) is 6.20. The minimum absolute atomic E-state index is 0.112. The van der Waals surface area contributed by atoms with Crippen LogP contribution in [0.3, 0.4) is 0 Å². The van der Waals surface area contributed by atoms with Gasteiger partial charge in [0.2, 0.25) is 0 Å². The van der Waals surface area contributed by atoms with Crippen LogP contribution in [-0.4, -0.2) is 20.0 Å². The van der Waals surface area contributed by atoms with Crippen LogP contribution < -0.4 is 9.47 Å². The van der Waals surface area contributed by atoms with Gasteiger partial charge in [-0.2, -0.15) is 0 Å². The second-order valence-corrected chi connectivity index (χ2v) is 7.72. The maximum atomic E-state index is 13.2. The van der Waals surface area contributed by atoms with Gasteiger partial charge in [0.05, 0.1) is 14.2 Å².